The maximum Gasteiger partial charge on any atom is 0.242 e. The number of aryl methyl sites for hydroxylation is 1. The van der Waals surface area contributed by atoms with E-state index in [2.05, 4.69) is 15.5 Å². The van der Waals surface area contributed by atoms with Gasteiger partial charge in [-0.1, -0.05) is 35.5 Å². The van der Waals surface area contributed by atoms with E-state index < -0.39 is 5.38 Å². The zero-order valence-electron chi connectivity index (χ0n) is 10.5. The number of nitrogens with zero attached hydrogens (tertiary/aromatic N) is 2. The molecule has 1 unspecified atom stereocenters. The zero-order chi connectivity index (χ0) is 13.7. The number of nitrogens with one attached hydrogen (secondary N) is 1. The predicted octanol–water partition coefficient (Wildman–Crippen LogP) is 2.02. The molecule has 100 valence electrons. The van der Waals surface area contributed by atoms with E-state index in [0.29, 0.717) is 24.7 Å². The first-order valence-corrected chi connectivity index (χ1v) is 6.36. The standard InChI is InChI=1S/C13H14ClN3O2/c1-9-16-11(17-19-9)7-8-15-13(18)12(14)10-5-3-2-4-6-10/h2-6,12H,7-8H2,1H3,(H,15,18). The molecule has 6 heteroatoms. The summed E-state index contributed by atoms with van der Waals surface area (Å²) in [6.45, 7) is 2.15. The van der Waals surface area contributed by atoms with Crippen LogP contribution in [0.3, 0.4) is 0 Å². The van der Waals surface area contributed by atoms with Gasteiger partial charge in [0.1, 0.15) is 5.38 Å². The van der Waals surface area contributed by atoms with Gasteiger partial charge in [-0.3, -0.25) is 4.79 Å². The molecule has 0 fully saturated rings. The van der Waals surface area contributed by atoms with Gasteiger partial charge in [0.15, 0.2) is 5.82 Å². The highest BCUT2D eigenvalue weighted by molar-refractivity contribution is 6.30. The summed E-state index contributed by atoms with van der Waals surface area (Å²) in [5, 5.41) is 5.80. The first-order valence-electron chi connectivity index (χ1n) is 5.93. The molecule has 1 heterocycles. The highest BCUT2D eigenvalue weighted by Gasteiger charge is 2.16. The number of carbonyl (C=O) groups excluding carboxylic acids is 1. The highest BCUT2D eigenvalue weighted by Crippen LogP contribution is 2.19. The van der Waals surface area contributed by atoms with E-state index in [1.54, 1.807) is 6.92 Å². The number of amides is 1. The molecule has 0 saturated carbocycles. The largest absolute Gasteiger partial charge is 0.354 e. The van der Waals surface area contributed by atoms with Crippen LogP contribution < -0.4 is 5.32 Å². The molecule has 0 aliphatic rings. The minimum atomic E-state index is -0.687. The van der Waals surface area contributed by atoms with Crippen molar-refractivity contribution in [2.24, 2.45) is 0 Å². The first-order chi connectivity index (χ1) is 9.16. The number of aromatic nitrogens is 2. The third-order valence-corrected chi connectivity index (χ3v) is 2.99. The summed E-state index contributed by atoms with van der Waals surface area (Å²) in [5.41, 5.74) is 0.775. The molecule has 5 nitrogen and oxygen atoms in total. The molecule has 1 aromatic heterocycles. The van der Waals surface area contributed by atoms with Crippen LogP contribution in [0.15, 0.2) is 34.9 Å². The van der Waals surface area contributed by atoms with Crippen LogP contribution in [-0.4, -0.2) is 22.6 Å². The average Bonchev–Trinajstić information content (AvgIpc) is 2.84. The number of benzene rings is 1. The highest BCUT2D eigenvalue weighted by atomic mass is 35.5. The summed E-state index contributed by atoms with van der Waals surface area (Å²) >= 11 is 6.08. The zero-order valence-corrected chi connectivity index (χ0v) is 11.2. The Kier molecular flexibility index (Phi) is 4.52. The topological polar surface area (TPSA) is 68.0 Å². The predicted molar refractivity (Wildman–Crippen MR) is 70.8 cm³/mol. The van der Waals surface area contributed by atoms with Gasteiger partial charge in [-0.2, -0.15) is 4.98 Å². The van der Waals surface area contributed by atoms with Gasteiger partial charge >= 0.3 is 0 Å². The van der Waals surface area contributed by atoms with Crippen molar-refractivity contribution in [3.05, 3.63) is 47.6 Å². The van der Waals surface area contributed by atoms with Gasteiger partial charge in [0.25, 0.3) is 0 Å². The number of carbonyl (C=O) groups is 1. The van der Waals surface area contributed by atoms with E-state index in [9.17, 15) is 4.79 Å². The molecular formula is C13H14ClN3O2. The quantitative estimate of drug-likeness (QED) is 0.850. The molecule has 0 aliphatic heterocycles. The Hall–Kier alpha value is -1.88. The monoisotopic (exact) mass is 279 g/mol. The molecule has 0 bridgehead atoms. The fourth-order valence-electron chi connectivity index (χ4n) is 1.60. The molecule has 2 rings (SSSR count). The molecular weight excluding hydrogens is 266 g/mol. The first kappa shape index (κ1) is 13.5. The number of halogens is 1. The van der Waals surface area contributed by atoms with Gasteiger partial charge in [-0.25, -0.2) is 0 Å². The normalized spacial score (nSPS) is 12.1. The molecule has 1 N–H and O–H groups in total. The van der Waals surface area contributed by atoms with E-state index in [0.717, 1.165) is 5.56 Å². The smallest absolute Gasteiger partial charge is 0.242 e. The lowest BCUT2D eigenvalue weighted by Gasteiger charge is -2.09. The van der Waals surface area contributed by atoms with Crippen molar-refractivity contribution in [2.45, 2.75) is 18.7 Å². The summed E-state index contributed by atoms with van der Waals surface area (Å²) < 4.78 is 4.84. The molecule has 0 radical (unpaired) electrons. The maximum absolute atomic E-state index is 11.8. The van der Waals surface area contributed by atoms with Crippen molar-refractivity contribution in [2.75, 3.05) is 6.54 Å². The summed E-state index contributed by atoms with van der Waals surface area (Å²) in [6, 6.07) is 9.21. The van der Waals surface area contributed by atoms with Crippen LogP contribution in [0.25, 0.3) is 0 Å². The third-order valence-electron chi connectivity index (χ3n) is 2.54. The average molecular weight is 280 g/mol. The molecule has 1 atom stereocenters. The Morgan fingerprint density at radius 2 is 2.16 bits per heavy atom. The summed E-state index contributed by atoms with van der Waals surface area (Å²) in [6.07, 6.45) is 0.515. The molecule has 19 heavy (non-hydrogen) atoms. The Balaban J connectivity index is 1.81. The lowest BCUT2D eigenvalue weighted by atomic mass is 10.1. The van der Waals surface area contributed by atoms with Crippen molar-refractivity contribution in [1.82, 2.24) is 15.5 Å². The Bertz CT molecular complexity index is 542. The maximum atomic E-state index is 11.8. The SMILES string of the molecule is Cc1nc(CCNC(=O)C(Cl)c2ccccc2)no1. The van der Waals surface area contributed by atoms with Gasteiger partial charge in [-0.15, -0.1) is 11.6 Å². The minimum Gasteiger partial charge on any atom is -0.354 e. The number of hydrogen-bond acceptors (Lipinski definition) is 4. The molecule has 1 amide bonds. The molecule has 0 saturated heterocycles. The Morgan fingerprint density at radius 3 is 2.79 bits per heavy atom. The summed E-state index contributed by atoms with van der Waals surface area (Å²) in [7, 11) is 0. The number of alkyl halides is 1. The Morgan fingerprint density at radius 1 is 1.42 bits per heavy atom. The lowest BCUT2D eigenvalue weighted by molar-refractivity contribution is -0.120. The van der Waals surface area contributed by atoms with Crippen molar-refractivity contribution >= 4 is 17.5 Å². The van der Waals surface area contributed by atoms with Crippen molar-refractivity contribution in [3.63, 3.8) is 0 Å². The van der Waals surface area contributed by atoms with Gasteiger partial charge in [0.2, 0.25) is 11.8 Å². The van der Waals surface area contributed by atoms with Crippen LogP contribution in [0.1, 0.15) is 22.7 Å². The van der Waals surface area contributed by atoms with Crippen LogP contribution >= 0.6 is 11.6 Å². The van der Waals surface area contributed by atoms with Crippen LogP contribution in [0, 0.1) is 6.92 Å². The van der Waals surface area contributed by atoms with E-state index >= 15 is 0 Å². The third kappa shape index (κ3) is 3.79. The van der Waals surface area contributed by atoms with E-state index in [1.807, 2.05) is 30.3 Å². The van der Waals surface area contributed by atoms with Gasteiger partial charge < -0.3 is 9.84 Å². The number of rotatable bonds is 5. The molecule has 1 aromatic carbocycles. The van der Waals surface area contributed by atoms with Crippen LogP contribution in [-0.2, 0) is 11.2 Å². The summed E-state index contributed by atoms with van der Waals surface area (Å²) in [5.74, 6) is 0.859. The van der Waals surface area contributed by atoms with E-state index in [4.69, 9.17) is 16.1 Å². The fourth-order valence-corrected chi connectivity index (χ4v) is 1.83. The number of hydrogen-bond donors (Lipinski definition) is 1. The lowest BCUT2D eigenvalue weighted by Crippen LogP contribution is -2.29. The second-order valence-electron chi connectivity index (χ2n) is 4.04. The molecule has 0 aliphatic carbocycles. The summed E-state index contributed by atoms with van der Waals surface area (Å²) in [4.78, 5) is 15.9. The van der Waals surface area contributed by atoms with Crippen molar-refractivity contribution < 1.29 is 9.32 Å². The minimum absolute atomic E-state index is 0.229. The van der Waals surface area contributed by atoms with Gasteiger partial charge in [-0.05, 0) is 5.56 Å². The van der Waals surface area contributed by atoms with Crippen LogP contribution in [0.2, 0.25) is 0 Å². The van der Waals surface area contributed by atoms with Gasteiger partial charge in [0, 0.05) is 19.9 Å². The molecule has 2 aromatic rings. The second kappa shape index (κ2) is 6.33. The van der Waals surface area contributed by atoms with Crippen LogP contribution in [0.5, 0.6) is 0 Å². The van der Waals surface area contributed by atoms with Crippen molar-refractivity contribution in [1.29, 1.82) is 0 Å². The Labute approximate surface area is 116 Å². The molecule has 0 spiro atoms. The van der Waals surface area contributed by atoms with E-state index in [-0.39, 0.29) is 5.91 Å². The van der Waals surface area contributed by atoms with Crippen molar-refractivity contribution in [3.8, 4) is 0 Å². The second-order valence-corrected chi connectivity index (χ2v) is 4.48. The van der Waals surface area contributed by atoms with Gasteiger partial charge in [0.05, 0.1) is 0 Å². The van der Waals surface area contributed by atoms with E-state index in [1.165, 1.54) is 0 Å². The fraction of sp³-hybridized carbons (Fsp3) is 0.308. The van der Waals surface area contributed by atoms with Crippen LogP contribution in [0.4, 0.5) is 0 Å².